The van der Waals surface area contributed by atoms with E-state index in [1.165, 1.54) is 0 Å². The van der Waals surface area contributed by atoms with Crippen molar-refractivity contribution in [3.8, 4) is 0 Å². The molecule has 0 radical (unpaired) electrons. The second-order valence-electron chi connectivity index (χ2n) is 3.18. The number of Topliss-reactive ketones (excluding diaryl/α,β-unsaturated/α-hetero) is 4. The molecule has 9 heteroatoms. The molecule has 0 rings (SSSR count). The summed E-state index contributed by atoms with van der Waals surface area (Å²) in [4.78, 5) is 59.5. The minimum Gasteiger partial charge on any atom is -0.542 e. The molecule has 0 aliphatic carbocycles. The quantitative estimate of drug-likeness (QED) is 0.252. The summed E-state index contributed by atoms with van der Waals surface area (Å²) in [7, 11) is 0. The topological polar surface area (TPSA) is 149 Å². The predicted octanol–water partition coefficient (Wildman–Crippen LogP) is -3.81. The molecule has 0 bridgehead atoms. The van der Waals surface area contributed by atoms with Gasteiger partial charge >= 0.3 is 48.9 Å². The van der Waals surface area contributed by atoms with Crippen molar-refractivity contribution in [2.75, 3.05) is 0 Å². The Morgan fingerprint density at radius 3 is 0.947 bits per heavy atom. The first-order chi connectivity index (χ1) is 8.07. The smallest absolute Gasteiger partial charge is 0.542 e. The standard InChI is InChI=1S/2C5H6O4.Ba/c2*1-3(6)2-4(7)5(8)9;/h2*2H2,1H3,(H,8,9);/q;;+2/p-2. The Kier molecular flexibility index (Phi) is 15.0. The molecule has 8 nitrogen and oxygen atoms in total. The normalized spacial score (nSPS) is 8.11. The molecule has 0 atom stereocenters. The third-order valence-electron chi connectivity index (χ3n) is 1.27. The van der Waals surface area contributed by atoms with Crippen LogP contribution in [0.25, 0.3) is 0 Å². The molecule has 0 aliphatic heterocycles. The van der Waals surface area contributed by atoms with Crippen molar-refractivity contribution in [3.05, 3.63) is 0 Å². The van der Waals surface area contributed by atoms with Gasteiger partial charge in [0.15, 0.2) is 11.6 Å². The van der Waals surface area contributed by atoms with E-state index >= 15 is 0 Å². The second kappa shape index (κ2) is 12.2. The summed E-state index contributed by atoms with van der Waals surface area (Å²) in [6, 6.07) is 0. The minimum atomic E-state index is -1.80. The van der Waals surface area contributed by atoms with Crippen molar-refractivity contribution in [2.24, 2.45) is 0 Å². The van der Waals surface area contributed by atoms with Gasteiger partial charge < -0.3 is 19.8 Å². The first-order valence-electron chi connectivity index (χ1n) is 4.55. The van der Waals surface area contributed by atoms with E-state index in [2.05, 4.69) is 0 Å². The summed E-state index contributed by atoms with van der Waals surface area (Å²) >= 11 is 0. The van der Waals surface area contributed by atoms with Crippen LogP contribution in [0.3, 0.4) is 0 Å². The Hall–Kier alpha value is -0.809. The Morgan fingerprint density at radius 1 is 0.684 bits per heavy atom. The van der Waals surface area contributed by atoms with E-state index in [4.69, 9.17) is 0 Å². The second-order valence-corrected chi connectivity index (χ2v) is 3.18. The van der Waals surface area contributed by atoms with E-state index in [0.717, 1.165) is 13.8 Å². The maximum Gasteiger partial charge on any atom is 2.00 e. The monoisotopic (exact) mass is 396 g/mol. The average molecular weight is 396 g/mol. The third-order valence-corrected chi connectivity index (χ3v) is 1.27. The van der Waals surface area contributed by atoms with Gasteiger partial charge in [-0.2, -0.15) is 0 Å². The Labute approximate surface area is 148 Å². The van der Waals surface area contributed by atoms with Crippen LogP contribution < -0.4 is 10.2 Å². The molecular weight excluding hydrogens is 385 g/mol. The van der Waals surface area contributed by atoms with Crippen LogP contribution in [-0.2, 0) is 28.8 Å². The van der Waals surface area contributed by atoms with Crippen LogP contribution in [0, 0.1) is 0 Å². The maximum atomic E-state index is 10.1. The summed E-state index contributed by atoms with van der Waals surface area (Å²) in [6.45, 7) is 2.28. The molecule has 0 heterocycles. The summed E-state index contributed by atoms with van der Waals surface area (Å²) in [6.07, 6.45) is -1.13. The number of carbonyl (C=O) groups excluding carboxylic acids is 6. The van der Waals surface area contributed by atoms with Crippen LogP contribution in [0.15, 0.2) is 0 Å². The SMILES string of the molecule is CC(=O)CC(=O)C(=O)[O-].CC(=O)CC(=O)C(=O)[O-].[Ba+2]. The van der Waals surface area contributed by atoms with Crippen molar-refractivity contribution in [2.45, 2.75) is 26.7 Å². The summed E-state index contributed by atoms with van der Waals surface area (Å²) < 4.78 is 0. The van der Waals surface area contributed by atoms with E-state index < -0.39 is 47.9 Å². The van der Waals surface area contributed by atoms with E-state index in [9.17, 15) is 39.0 Å². The van der Waals surface area contributed by atoms with Gasteiger partial charge in [0.05, 0.1) is 12.8 Å². The molecular formula is C10H10BaO8. The molecule has 19 heavy (non-hydrogen) atoms. The van der Waals surface area contributed by atoms with Gasteiger partial charge in [-0.05, 0) is 13.8 Å². The molecule has 0 spiro atoms. The van der Waals surface area contributed by atoms with Gasteiger partial charge in [-0.1, -0.05) is 0 Å². The van der Waals surface area contributed by atoms with Crippen LogP contribution in [0.2, 0.25) is 0 Å². The molecule has 0 unspecified atom stereocenters. The number of carboxylic acid groups (broad SMARTS) is 2. The number of aliphatic carboxylic acids is 2. The molecule has 0 N–H and O–H groups in total. The van der Waals surface area contributed by atoms with Crippen LogP contribution in [-0.4, -0.2) is 84.0 Å². The molecule has 0 fully saturated rings. The largest absolute Gasteiger partial charge is 2.00 e. The van der Waals surface area contributed by atoms with Crippen molar-refractivity contribution in [3.63, 3.8) is 0 Å². The Morgan fingerprint density at radius 2 is 0.895 bits per heavy atom. The number of carbonyl (C=O) groups is 6. The minimum absolute atomic E-state index is 0. The van der Waals surface area contributed by atoms with Crippen LogP contribution in [0.1, 0.15) is 26.7 Å². The molecule has 0 aliphatic rings. The number of rotatable bonds is 6. The zero-order valence-corrected chi connectivity index (χ0v) is 14.8. The van der Waals surface area contributed by atoms with E-state index in [-0.39, 0.29) is 48.9 Å². The summed E-state index contributed by atoms with van der Waals surface area (Å²) in [5.74, 6) is -6.87. The van der Waals surface area contributed by atoms with Gasteiger partial charge in [-0.15, -0.1) is 0 Å². The fraction of sp³-hybridized carbons (Fsp3) is 0.400. The van der Waals surface area contributed by atoms with Crippen LogP contribution in [0.4, 0.5) is 0 Å². The average Bonchev–Trinajstić information content (AvgIpc) is 2.16. The maximum absolute atomic E-state index is 10.1. The number of ketones is 4. The van der Waals surface area contributed by atoms with E-state index in [1.807, 2.05) is 0 Å². The molecule has 0 saturated carbocycles. The van der Waals surface area contributed by atoms with Crippen molar-refractivity contribution >= 4 is 84.0 Å². The number of carboxylic acids is 2. The van der Waals surface area contributed by atoms with Gasteiger partial charge in [0.1, 0.15) is 23.5 Å². The van der Waals surface area contributed by atoms with Crippen LogP contribution >= 0.6 is 0 Å². The van der Waals surface area contributed by atoms with Crippen molar-refractivity contribution < 1.29 is 39.0 Å². The first-order valence-corrected chi connectivity index (χ1v) is 4.55. The van der Waals surface area contributed by atoms with Crippen molar-refractivity contribution in [1.82, 2.24) is 0 Å². The third kappa shape index (κ3) is 17.2. The number of hydrogen-bond donors (Lipinski definition) is 0. The predicted molar refractivity (Wildman–Crippen MR) is 56.4 cm³/mol. The van der Waals surface area contributed by atoms with Crippen molar-refractivity contribution in [1.29, 1.82) is 0 Å². The zero-order valence-electron chi connectivity index (χ0n) is 10.4. The van der Waals surface area contributed by atoms with E-state index in [1.54, 1.807) is 0 Å². The van der Waals surface area contributed by atoms with Gasteiger partial charge in [-0.3, -0.25) is 19.2 Å². The zero-order chi connectivity index (χ0) is 14.9. The van der Waals surface area contributed by atoms with Gasteiger partial charge in [0, 0.05) is 0 Å². The first kappa shape index (κ1) is 23.3. The summed E-state index contributed by atoms with van der Waals surface area (Å²) in [5.41, 5.74) is 0. The molecule has 0 saturated heterocycles. The Balaban J connectivity index is -0.000000256. The molecule has 0 aromatic heterocycles. The molecule has 0 aromatic rings. The van der Waals surface area contributed by atoms with Crippen LogP contribution in [0.5, 0.6) is 0 Å². The fourth-order valence-electron chi connectivity index (χ4n) is 0.597. The van der Waals surface area contributed by atoms with Gasteiger partial charge in [0.2, 0.25) is 0 Å². The Bertz CT molecular complexity index is 360. The molecule has 0 aromatic carbocycles. The number of hydrogen-bond acceptors (Lipinski definition) is 8. The van der Waals surface area contributed by atoms with Gasteiger partial charge in [0.25, 0.3) is 0 Å². The van der Waals surface area contributed by atoms with E-state index in [0.29, 0.717) is 0 Å². The van der Waals surface area contributed by atoms with Gasteiger partial charge in [-0.25, -0.2) is 0 Å². The fourth-order valence-corrected chi connectivity index (χ4v) is 0.597. The molecule has 0 amide bonds. The molecule has 100 valence electrons. The summed E-state index contributed by atoms with van der Waals surface area (Å²) in [5, 5.41) is 19.2.